The Hall–Kier alpha value is -3.05. The van der Waals surface area contributed by atoms with E-state index in [1.165, 1.54) is 5.56 Å². The van der Waals surface area contributed by atoms with Crippen LogP contribution in [0.3, 0.4) is 0 Å². The maximum Gasteiger partial charge on any atom is 0.243 e. The predicted molar refractivity (Wildman–Crippen MR) is 141 cm³/mol. The molecule has 2 atom stereocenters. The first kappa shape index (κ1) is 25.6. The lowest BCUT2D eigenvalue weighted by Gasteiger charge is -2.32. The van der Waals surface area contributed by atoms with Crippen LogP contribution in [0.2, 0.25) is 0 Å². The third kappa shape index (κ3) is 8.07. The Kier molecular flexibility index (Phi) is 10.2. The molecule has 0 aliphatic heterocycles. The molecule has 0 saturated heterocycles. The first-order chi connectivity index (χ1) is 16.6. The van der Waals surface area contributed by atoms with Crippen molar-refractivity contribution >= 4 is 23.6 Å². The quantitative estimate of drug-likeness (QED) is 0.378. The minimum absolute atomic E-state index is 0.0231. The molecule has 0 fully saturated rings. The van der Waals surface area contributed by atoms with Gasteiger partial charge in [-0.1, -0.05) is 97.9 Å². The number of hydrogen-bond acceptors (Lipinski definition) is 3. The molecule has 178 valence electrons. The van der Waals surface area contributed by atoms with Gasteiger partial charge in [0.05, 0.1) is 5.75 Å². The summed E-state index contributed by atoms with van der Waals surface area (Å²) in [4.78, 5) is 28.8. The molecule has 0 heterocycles. The first-order valence-electron chi connectivity index (χ1n) is 11.9. The van der Waals surface area contributed by atoms with Crippen molar-refractivity contribution in [3.63, 3.8) is 0 Å². The molecule has 4 nitrogen and oxygen atoms in total. The van der Waals surface area contributed by atoms with E-state index in [0.29, 0.717) is 18.7 Å². The van der Waals surface area contributed by atoms with E-state index in [0.717, 1.165) is 23.3 Å². The van der Waals surface area contributed by atoms with Gasteiger partial charge in [-0.05, 0) is 30.0 Å². The number of nitrogens with zero attached hydrogens (tertiary/aromatic N) is 1. The van der Waals surface area contributed by atoms with Gasteiger partial charge < -0.3 is 10.2 Å². The molecule has 0 aliphatic carbocycles. The van der Waals surface area contributed by atoms with Crippen LogP contribution in [-0.2, 0) is 28.3 Å². The summed E-state index contributed by atoms with van der Waals surface area (Å²) in [6, 6.07) is 29.4. The number of carbonyl (C=O) groups excluding carboxylic acids is 2. The summed E-state index contributed by atoms with van der Waals surface area (Å²) in [7, 11) is 0. The van der Waals surface area contributed by atoms with Crippen LogP contribution in [0.15, 0.2) is 91.0 Å². The standard InChI is InChI=1S/C29H34N2O2S/c1-3-23(2)30-29(33)27(19-24-13-7-4-8-14-24)31(20-25-15-9-5-10-16-25)28(32)22-34-21-26-17-11-6-12-18-26/h4-18,23,27H,3,19-22H2,1-2H3,(H,30,33). The van der Waals surface area contributed by atoms with E-state index >= 15 is 0 Å². The number of nitrogens with one attached hydrogen (secondary N) is 1. The highest BCUT2D eigenvalue weighted by Crippen LogP contribution is 2.18. The van der Waals surface area contributed by atoms with Crippen molar-refractivity contribution in [1.29, 1.82) is 0 Å². The van der Waals surface area contributed by atoms with Crippen LogP contribution in [0.5, 0.6) is 0 Å². The number of amides is 2. The molecule has 0 bridgehead atoms. The lowest BCUT2D eigenvalue weighted by molar-refractivity contribution is -0.139. The van der Waals surface area contributed by atoms with Crippen molar-refractivity contribution < 1.29 is 9.59 Å². The van der Waals surface area contributed by atoms with Gasteiger partial charge in [-0.2, -0.15) is 0 Å². The monoisotopic (exact) mass is 474 g/mol. The van der Waals surface area contributed by atoms with Crippen LogP contribution >= 0.6 is 11.8 Å². The normalized spacial score (nSPS) is 12.5. The van der Waals surface area contributed by atoms with E-state index in [1.807, 2.05) is 92.7 Å². The third-order valence-electron chi connectivity index (χ3n) is 5.80. The van der Waals surface area contributed by atoms with Gasteiger partial charge in [-0.3, -0.25) is 9.59 Å². The van der Waals surface area contributed by atoms with Crippen LogP contribution in [0, 0.1) is 0 Å². The Labute approximate surface area is 207 Å². The zero-order valence-electron chi connectivity index (χ0n) is 20.0. The second kappa shape index (κ2) is 13.6. The average molecular weight is 475 g/mol. The van der Waals surface area contributed by atoms with Crippen molar-refractivity contribution in [2.45, 2.75) is 51.1 Å². The summed E-state index contributed by atoms with van der Waals surface area (Å²) in [5.74, 6) is 0.957. The molecule has 0 aliphatic rings. The predicted octanol–water partition coefficient (Wildman–Crippen LogP) is 5.47. The Morgan fingerprint density at radius 3 is 1.91 bits per heavy atom. The van der Waals surface area contributed by atoms with Crippen molar-refractivity contribution in [3.05, 3.63) is 108 Å². The van der Waals surface area contributed by atoms with Crippen molar-refractivity contribution in [2.24, 2.45) is 0 Å². The molecule has 0 radical (unpaired) electrons. The SMILES string of the molecule is CCC(C)NC(=O)C(Cc1ccccc1)N(Cc1ccccc1)C(=O)CSCc1ccccc1. The highest BCUT2D eigenvalue weighted by Gasteiger charge is 2.30. The summed E-state index contributed by atoms with van der Waals surface area (Å²) < 4.78 is 0. The molecule has 3 aromatic carbocycles. The van der Waals surface area contributed by atoms with E-state index in [2.05, 4.69) is 17.4 Å². The number of carbonyl (C=O) groups is 2. The average Bonchev–Trinajstić information content (AvgIpc) is 2.87. The van der Waals surface area contributed by atoms with Gasteiger partial charge in [0.2, 0.25) is 11.8 Å². The van der Waals surface area contributed by atoms with Crippen LogP contribution in [0.25, 0.3) is 0 Å². The molecule has 0 saturated carbocycles. The van der Waals surface area contributed by atoms with Gasteiger partial charge in [0.25, 0.3) is 0 Å². The van der Waals surface area contributed by atoms with Gasteiger partial charge in [0.1, 0.15) is 6.04 Å². The van der Waals surface area contributed by atoms with Crippen molar-refractivity contribution in [2.75, 3.05) is 5.75 Å². The zero-order valence-corrected chi connectivity index (χ0v) is 20.8. The van der Waals surface area contributed by atoms with E-state index < -0.39 is 6.04 Å². The summed E-state index contributed by atoms with van der Waals surface area (Å²) in [6.07, 6.45) is 1.31. The zero-order chi connectivity index (χ0) is 24.2. The minimum Gasteiger partial charge on any atom is -0.352 e. The summed E-state index contributed by atoms with van der Waals surface area (Å²) in [6.45, 7) is 4.44. The molecule has 2 unspecified atom stereocenters. The van der Waals surface area contributed by atoms with E-state index in [4.69, 9.17) is 0 Å². The Bertz CT molecular complexity index is 1010. The lowest BCUT2D eigenvalue weighted by Crippen LogP contribution is -2.52. The van der Waals surface area contributed by atoms with E-state index in [-0.39, 0.29) is 17.9 Å². The molecule has 0 spiro atoms. The van der Waals surface area contributed by atoms with Crippen LogP contribution in [-0.4, -0.2) is 34.6 Å². The van der Waals surface area contributed by atoms with Crippen molar-refractivity contribution in [3.8, 4) is 0 Å². The molecule has 3 aromatic rings. The van der Waals surface area contributed by atoms with Gasteiger partial charge in [-0.15, -0.1) is 11.8 Å². The molecule has 2 amide bonds. The van der Waals surface area contributed by atoms with Gasteiger partial charge in [-0.25, -0.2) is 0 Å². The highest BCUT2D eigenvalue weighted by molar-refractivity contribution is 7.99. The molecule has 1 N–H and O–H groups in total. The third-order valence-corrected chi connectivity index (χ3v) is 6.79. The van der Waals surface area contributed by atoms with Crippen LogP contribution < -0.4 is 5.32 Å². The summed E-state index contributed by atoms with van der Waals surface area (Å²) in [5.41, 5.74) is 3.23. The van der Waals surface area contributed by atoms with Gasteiger partial charge in [0.15, 0.2) is 0 Å². The lowest BCUT2D eigenvalue weighted by atomic mass is 10.0. The van der Waals surface area contributed by atoms with E-state index in [1.54, 1.807) is 16.7 Å². The second-order valence-corrected chi connectivity index (χ2v) is 9.49. The van der Waals surface area contributed by atoms with Gasteiger partial charge in [0, 0.05) is 24.8 Å². The Morgan fingerprint density at radius 1 is 0.824 bits per heavy atom. The molecule has 0 aromatic heterocycles. The molecule has 3 rings (SSSR count). The minimum atomic E-state index is -0.582. The fourth-order valence-electron chi connectivity index (χ4n) is 3.69. The van der Waals surface area contributed by atoms with Gasteiger partial charge >= 0.3 is 0 Å². The topological polar surface area (TPSA) is 49.4 Å². The van der Waals surface area contributed by atoms with Crippen molar-refractivity contribution in [1.82, 2.24) is 10.2 Å². The molecular weight excluding hydrogens is 440 g/mol. The van der Waals surface area contributed by atoms with Crippen LogP contribution in [0.4, 0.5) is 0 Å². The first-order valence-corrected chi connectivity index (χ1v) is 13.0. The molecular formula is C29H34N2O2S. The largest absolute Gasteiger partial charge is 0.352 e. The number of hydrogen-bond donors (Lipinski definition) is 1. The maximum absolute atomic E-state index is 13.6. The fraction of sp³-hybridized carbons (Fsp3) is 0.310. The molecule has 34 heavy (non-hydrogen) atoms. The highest BCUT2D eigenvalue weighted by atomic mass is 32.2. The Balaban J connectivity index is 1.83. The van der Waals surface area contributed by atoms with E-state index in [9.17, 15) is 9.59 Å². The van der Waals surface area contributed by atoms with Crippen LogP contribution in [0.1, 0.15) is 37.0 Å². The Morgan fingerprint density at radius 2 is 1.35 bits per heavy atom. The maximum atomic E-state index is 13.6. The molecule has 5 heteroatoms. The second-order valence-electron chi connectivity index (χ2n) is 8.51. The fourth-order valence-corrected chi connectivity index (χ4v) is 4.56. The smallest absolute Gasteiger partial charge is 0.243 e. The number of thioether (sulfide) groups is 1. The number of rotatable bonds is 12. The summed E-state index contributed by atoms with van der Waals surface area (Å²) >= 11 is 1.58. The summed E-state index contributed by atoms with van der Waals surface area (Å²) in [5, 5.41) is 3.11. The number of benzene rings is 3.